The Hall–Kier alpha value is -0.120. The lowest BCUT2D eigenvalue weighted by Crippen LogP contribution is -2.40. The van der Waals surface area contributed by atoms with Crippen molar-refractivity contribution in [1.82, 2.24) is 5.32 Å². The molecule has 0 spiro atoms. The van der Waals surface area contributed by atoms with E-state index in [4.69, 9.17) is 4.74 Å². The number of hydrogen-bond donors (Lipinski definition) is 2. The highest BCUT2D eigenvalue weighted by Crippen LogP contribution is 2.22. The molecule has 1 aliphatic rings. The van der Waals surface area contributed by atoms with E-state index in [1.54, 1.807) is 0 Å². The Morgan fingerprint density at radius 3 is 2.65 bits per heavy atom. The highest BCUT2D eigenvalue weighted by atomic mass is 16.5. The lowest BCUT2D eigenvalue weighted by Gasteiger charge is -2.24. The zero-order valence-corrected chi connectivity index (χ0v) is 11.6. The fourth-order valence-corrected chi connectivity index (χ4v) is 2.45. The standard InChI is InChI=1S/C14H29NO2/c1-11(2)17-10-13(16)9-15-14-8-6-4-5-7-12(14)3/h11-16H,4-10H2,1-3H3. The third kappa shape index (κ3) is 6.39. The first-order valence-electron chi connectivity index (χ1n) is 7.12. The topological polar surface area (TPSA) is 41.5 Å². The van der Waals surface area contributed by atoms with Gasteiger partial charge in [-0.3, -0.25) is 0 Å². The second-order valence-corrected chi connectivity index (χ2v) is 5.67. The molecule has 0 aromatic rings. The van der Waals surface area contributed by atoms with E-state index in [0.717, 1.165) is 5.92 Å². The van der Waals surface area contributed by atoms with Crippen LogP contribution in [-0.4, -0.2) is 36.5 Å². The van der Waals surface area contributed by atoms with Crippen LogP contribution >= 0.6 is 0 Å². The molecule has 0 amide bonds. The molecule has 1 saturated carbocycles. The van der Waals surface area contributed by atoms with Gasteiger partial charge < -0.3 is 15.2 Å². The molecule has 1 rings (SSSR count). The van der Waals surface area contributed by atoms with Gasteiger partial charge in [-0.15, -0.1) is 0 Å². The van der Waals surface area contributed by atoms with Gasteiger partial charge in [0.1, 0.15) is 0 Å². The fraction of sp³-hybridized carbons (Fsp3) is 1.00. The van der Waals surface area contributed by atoms with Crippen LogP contribution in [0, 0.1) is 5.92 Å². The Balaban J connectivity index is 2.18. The fourth-order valence-electron chi connectivity index (χ4n) is 2.45. The van der Waals surface area contributed by atoms with Crippen molar-refractivity contribution in [3.8, 4) is 0 Å². The van der Waals surface area contributed by atoms with Crippen molar-refractivity contribution < 1.29 is 9.84 Å². The first kappa shape index (κ1) is 14.9. The SMILES string of the molecule is CC(C)OCC(O)CNC1CCCCCC1C. The molecule has 3 nitrogen and oxygen atoms in total. The summed E-state index contributed by atoms with van der Waals surface area (Å²) in [6, 6.07) is 0.575. The summed E-state index contributed by atoms with van der Waals surface area (Å²) >= 11 is 0. The molecule has 3 heteroatoms. The zero-order valence-electron chi connectivity index (χ0n) is 11.6. The van der Waals surface area contributed by atoms with Crippen LogP contribution in [0.3, 0.4) is 0 Å². The molecule has 0 aromatic carbocycles. The van der Waals surface area contributed by atoms with E-state index >= 15 is 0 Å². The molecule has 0 heterocycles. The maximum Gasteiger partial charge on any atom is 0.0897 e. The van der Waals surface area contributed by atoms with E-state index in [2.05, 4.69) is 12.2 Å². The summed E-state index contributed by atoms with van der Waals surface area (Å²) in [4.78, 5) is 0. The quantitative estimate of drug-likeness (QED) is 0.704. The number of ether oxygens (including phenoxy) is 1. The first-order valence-corrected chi connectivity index (χ1v) is 7.12. The minimum atomic E-state index is -0.382. The van der Waals surface area contributed by atoms with Crippen molar-refractivity contribution in [2.75, 3.05) is 13.2 Å². The van der Waals surface area contributed by atoms with Crippen molar-refractivity contribution in [2.24, 2.45) is 5.92 Å². The molecular weight excluding hydrogens is 214 g/mol. The van der Waals surface area contributed by atoms with Gasteiger partial charge in [-0.2, -0.15) is 0 Å². The second-order valence-electron chi connectivity index (χ2n) is 5.67. The highest BCUT2D eigenvalue weighted by molar-refractivity contribution is 4.77. The van der Waals surface area contributed by atoms with Gasteiger partial charge in [0.15, 0.2) is 0 Å². The van der Waals surface area contributed by atoms with E-state index in [9.17, 15) is 5.11 Å². The molecular formula is C14H29NO2. The van der Waals surface area contributed by atoms with E-state index in [-0.39, 0.29) is 12.2 Å². The van der Waals surface area contributed by atoms with Crippen LogP contribution in [0.15, 0.2) is 0 Å². The van der Waals surface area contributed by atoms with Crippen molar-refractivity contribution in [1.29, 1.82) is 0 Å². The number of rotatable bonds is 6. The zero-order chi connectivity index (χ0) is 12.7. The lowest BCUT2D eigenvalue weighted by atomic mass is 9.97. The third-order valence-corrected chi connectivity index (χ3v) is 3.60. The monoisotopic (exact) mass is 243 g/mol. The van der Waals surface area contributed by atoms with Gasteiger partial charge in [0.2, 0.25) is 0 Å². The minimum Gasteiger partial charge on any atom is -0.389 e. The Labute approximate surface area is 106 Å². The largest absolute Gasteiger partial charge is 0.389 e. The van der Waals surface area contributed by atoms with Crippen molar-refractivity contribution >= 4 is 0 Å². The molecule has 0 saturated heterocycles. The molecule has 0 radical (unpaired) electrons. The number of aliphatic hydroxyl groups is 1. The van der Waals surface area contributed by atoms with Gasteiger partial charge in [-0.05, 0) is 32.6 Å². The average molecular weight is 243 g/mol. The number of aliphatic hydroxyl groups excluding tert-OH is 1. The van der Waals surface area contributed by atoms with E-state index in [1.165, 1.54) is 32.1 Å². The maximum atomic E-state index is 9.80. The second kappa shape index (κ2) is 8.06. The Morgan fingerprint density at radius 1 is 1.24 bits per heavy atom. The molecule has 0 bridgehead atoms. The Morgan fingerprint density at radius 2 is 1.94 bits per heavy atom. The number of hydrogen-bond acceptors (Lipinski definition) is 3. The molecule has 0 aliphatic heterocycles. The summed E-state index contributed by atoms with van der Waals surface area (Å²) in [7, 11) is 0. The first-order chi connectivity index (χ1) is 8.09. The van der Waals surface area contributed by atoms with Gasteiger partial charge in [0, 0.05) is 12.6 Å². The van der Waals surface area contributed by atoms with Crippen molar-refractivity contribution in [2.45, 2.75) is 71.1 Å². The Bertz CT molecular complexity index is 197. The van der Waals surface area contributed by atoms with Crippen LogP contribution in [0.4, 0.5) is 0 Å². The van der Waals surface area contributed by atoms with Crippen LogP contribution in [0.25, 0.3) is 0 Å². The van der Waals surface area contributed by atoms with Crippen LogP contribution < -0.4 is 5.32 Å². The molecule has 3 unspecified atom stereocenters. The van der Waals surface area contributed by atoms with Gasteiger partial charge >= 0.3 is 0 Å². The van der Waals surface area contributed by atoms with Crippen molar-refractivity contribution in [3.05, 3.63) is 0 Å². The predicted molar refractivity (Wildman–Crippen MR) is 71.1 cm³/mol. The van der Waals surface area contributed by atoms with E-state index < -0.39 is 0 Å². The lowest BCUT2D eigenvalue weighted by molar-refractivity contribution is 0.00473. The van der Waals surface area contributed by atoms with Crippen LogP contribution in [0.2, 0.25) is 0 Å². The van der Waals surface area contributed by atoms with E-state index in [1.807, 2.05) is 13.8 Å². The molecule has 17 heavy (non-hydrogen) atoms. The summed E-state index contributed by atoms with van der Waals surface area (Å²) in [6.45, 7) is 7.40. The normalized spacial score (nSPS) is 28.1. The summed E-state index contributed by atoms with van der Waals surface area (Å²) in [6.07, 6.45) is 6.42. The summed E-state index contributed by atoms with van der Waals surface area (Å²) in [5, 5.41) is 13.3. The third-order valence-electron chi connectivity index (χ3n) is 3.60. The molecule has 0 aromatic heterocycles. The van der Waals surface area contributed by atoms with Crippen LogP contribution in [0.1, 0.15) is 52.9 Å². The van der Waals surface area contributed by atoms with Gasteiger partial charge in [-0.25, -0.2) is 0 Å². The Kier molecular flexibility index (Phi) is 7.09. The molecule has 1 aliphatic carbocycles. The maximum absolute atomic E-state index is 9.80. The van der Waals surface area contributed by atoms with Gasteiger partial charge in [-0.1, -0.05) is 26.2 Å². The van der Waals surface area contributed by atoms with Crippen LogP contribution in [-0.2, 0) is 4.74 Å². The predicted octanol–water partition coefficient (Wildman–Crippen LogP) is 2.33. The summed E-state index contributed by atoms with van der Waals surface area (Å²) in [5.74, 6) is 0.732. The minimum absolute atomic E-state index is 0.196. The van der Waals surface area contributed by atoms with E-state index in [0.29, 0.717) is 19.2 Å². The number of nitrogens with one attached hydrogen (secondary N) is 1. The molecule has 102 valence electrons. The summed E-state index contributed by atoms with van der Waals surface area (Å²) in [5.41, 5.74) is 0. The smallest absolute Gasteiger partial charge is 0.0897 e. The van der Waals surface area contributed by atoms with Crippen LogP contribution in [0.5, 0.6) is 0 Å². The molecule has 2 N–H and O–H groups in total. The summed E-state index contributed by atoms with van der Waals surface area (Å²) < 4.78 is 5.41. The van der Waals surface area contributed by atoms with Gasteiger partial charge in [0.05, 0.1) is 18.8 Å². The van der Waals surface area contributed by atoms with Gasteiger partial charge in [0.25, 0.3) is 0 Å². The molecule has 3 atom stereocenters. The average Bonchev–Trinajstić information content (AvgIpc) is 2.48. The van der Waals surface area contributed by atoms with Crippen molar-refractivity contribution in [3.63, 3.8) is 0 Å². The highest BCUT2D eigenvalue weighted by Gasteiger charge is 2.20. The molecule has 1 fully saturated rings.